The van der Waals surface area contributed by atoms with Crippen molar-refractivity contribution in [2.75, 3.05) is 18.0 Å². The number of aromatic nitrogens is 2. The molecule has 0 bridgehead atoms. The number of anilines is 1. The maximum Gasteiger partial charge on any atom is 0.250 e. The Bertz CT molecular complexity index is 1360. The van der Waals surface area contributed by atoms with Crippen molar-refractivity contribution in [3.05, 3.63) is 59.7 Å². The molecule has 3 amide bonds. The van der Waals surface area contributed by atoms with E-state index in [1.54, 1.807) is 11.0 Å². The van der Waals surface area contributed by atoms with Crippen molar-refractivity contribution in [2.45, 2.75) is 44.6 Å². The summed E-state index contributed by atoms with van der Waals surface area (Å²) in [6.45, 7) is 3.30. The van der Waals surface area contributed by atoms with E-state index < -0.39 is 23.0 Å². The van der Waals surface area contributed by atoms with Crippen LogP contribution < -0.4 is 4.90 Å². The molecule has 1 unspecified atom stereocenters. The highest BCUT2D eigenvalue weighted by molar-refractivity contribution is 6.28. The minimum atomic E-state index is -1.64. The number of rotatable bonds is 6. The highest BCUT2D eigenvalue weighted by atomic mass is 19.1. The predicted octanol–water partition coefficient (Wildman–Crippen LogP) is 3.33. The molecular weight excluding hydrogens is 435 g/mol. The van der Waals surface area contributed by atoms with E-state index in [0.29, 0.717) is 43.2 Å². The fraction of sp³-hybridized carbons (Fsp3) is 0.385. The number of nitrogens with zero attached hydrogens (tertiary/aromatic N) is 4. The van der Waals surface area contributed by atoms with Crippen molar-refractivity contribution < 1.29 is 18.8 Å². The molecule has 1 aliphatic carbocycles. The molecular formula is C26H25FN4O3. The summed E-state index contributed by atoms with van der Waals surface area (Å²) in [6, 6.07) is 12.0. The van der Waals surface area contributed by atoms with E-state index in [2.05, 4.69) is 9.55 Å². The van der Waals surface area contributed by atoms with Crippen LogP contribution in [0.25, 0.3) is 11.0 Å². The van der Waals surface area contributed by atoms with E-state index in [9.17, 15) is 18.8 Å². The molecule has 3 heterocycles. The first-order valence-corrected chi connectivity index (χ1v) is 11.8. The first-order chi connectivity index (χ1) is 16.4. The summed E-state index contributed by atoms with van der Waals surface area (Å²) in [4.78, 5) is 47.5. The molecule has 2 aromatic carbocycles. The lowest BCUT2D eigenvalue weighted by molar-refractivity contribution is -0.141. The Kier molecular flexibility index (Phi) is 4.62. The summed E-state index contributed by atoms with van der Waals surface area (Å²) in [5.41, 5.74) is 1.15. The highest BCUT2D eigenvalue weighted by Gasteiger charge is 2.64. The van der Waals surface area contributed by atoms with Gasteiger partial charge in [0, 0.05) is 30.9 Å². The average molecular weight is 461 g/mol. The van der Waals surface area contributed by atoms with Crippen LogP contribution in [-0.2, 0) is 26.3 Å². The van der Waals surface area contributed by atoms with Crippen LogP contribution in [0.5, 0.6) is 0 Å². The monoisotopic (exact) mass is 460 g/mol. The van der Waals surface area contributed by atoms with E-state index in [1.807, 2.05) is 31.2 Å². The number of carbonyl (C=O) groups excluding carboxylic acids is 3. The molecule has 0 N–H and O–H groups in total. The Morgan fingerprint density at radius 3 is 2.59 bits per heavy atom. The van der Waals surface area contributed by atoms with Gasteiger partial charge in [0.2, 0.25) is 17.7 Å². The molecule has 3 aromatic rings. The molecule has 1 aromatic heterocycles. The molecule has 8 heteroatoms. The Morgan fingerprint density at radius 2 is 1.79 bits per heavy atom. The number of likely N-dealkylation sites (tertiary alicyclic amines) is 1. The molecule has 1 spiro atoms. The van der Waals surface area contributed by atoms with E-state index in [0.717, 1.165) is 29.7 Å². The largest absolute Gasteiger partial charge is 0.328 e. The van der Waals surface area contributed by atoms with Gasteiger partial charge >= 0.3 is 0 Å². The van der Waals surface area contributed by atoms with E-state index >= 15 is 0 Å². The van der Waals surface area contributed by atoms with Crippen molar-refractivity contribution in [1.29, 1.82) is 0 Å². The molecule has 2 aliphatic heterocycles. The van der Waals surface area contributed by atoms with Gasteiger partial charge < -0.3 is 9.47 Å². The lowest BCUT2D eigenvalue weighted by Crippen LogP contribution is -2.47. The second-order valence-electron chi connectivity index (χ2n) is 9.61. The first-order valence-electron chi connectivity index (χ1n) is 11.8. The number of amides is 3. The fourth-order valence-electron chi connectivity index (χ4n) is 5.49. The summed E-state index contributed by atoms with van der Waals surface area (Å²) in [5, 5.41) is 0. The third-order valence-corrected chi connectivity index (χ3v) is 7.39. The van der Waals surface area contributed by atoms with E-state index in [1.165, 1.54) is 17.0 Å². The number of benzene rings is 2. The van der Waals surface area contributed by atoms with Gasteiger partial charge in [-0.05, 0) is 62.4 Å². The average Bonchev–Trinajstić information content (AvgIpc) is 3.49. The van der Waals surface area contributed by atoms with Crippen LogP contribution in [0.4, 0.5) is 10.1 Å². The lowest BCUT2D eigenvalue weighted by Gasteiger charge is -2.22. The normalized spacial score (nSPS) is 22.0. The standard InChI is InChI=1S/C26H25FN4O3/c1-16-28-20-5-2-3-6-22(20)29(16)11-4-12-30-21-10-9-18(27)13-19(21)26(24(30)33)14-23(32)31(25(26)34)15-17-7-8-17/h2-3,5-6,9-10,13,17H,4,7-8,11-12,14-15H2,1H3. The number of hydrogen-bond donors (Lipinski definition) is 0. The number of imidazole rings is 1. The topological polar surface area (TPSA) is 75.5 Å². The van der Waals surface area contributed by atoms with Crippen LogP contribution in [0.1, 0.15) is 37.1 Å². The molecule has 1 saturated heterocycles. The van der Waals surface area contributed by atoms with Crippen LogP contribution in [0.2, 0.25) is 0 Å². The van der Waals surface area contributed by atoms with Crippen LogP contribution >= 0.6 is 0 Å². The Labute approximate surface area is 196 Å². The van der Waals surface area contributed by atoms with Crippen LogP contribution in [-0.4, -0.2) is 45.3 Å². The molecule has 1 atom stereocenters. The fourth-order valence-corrected chi connectivity index (χ4v) is 5.49. The quantitative estimate of drug-likeness (QED) is 0.418. The van der Waals surface area contributed by atoms with Gasteiger partial charge in [0.1, 0.15) is 11.6 Å². The maximum absolute atomic E-state index is 14.3. The molecule has 3 aliphatic rings. The van der Waals surface area contributed by atoms with Gasteiger partial charge in [0.25, 0.3) is 0 Å². The van der Waals surface area contributed by atoms with Gasteiger partial charge in [-0.15, -0.1) is 0 Å². The van der Waals surface area contributed by atoms with Crippen molar-refractivity contribution in [1.82, 2.24) is 14.5 Å². The number of para-hydroxylation sites is 2. The highest BCUT2D eigenvalue weighted by Crippen LogP contribution is 2.49. The second-order valence-corrected chi connectivity index (χ2v) is 9.61. The van der Waals surface area contributed by atoms with Crippen molar-refractivity contribution >= 4 is 34.4 Å². The molecule has 7 nitrogen and oxygen atoms in total. The van der Waals surface area contributed by atoms with Gasteiger partial charge in [-0.25, -0.2) is 9.37 Å². The third kappa shape index (κ3) is 3.01. The van der Waals surface area contributed by atoms with Crippen molar-refractivity contribution in [3.63, 3.8) is 0 Å². The molecule has 34 heavy (non-hydrogen) atoms. The van der Waals surface area contributed by atoms with Crippen LogP contribution in [0.15, 0.2) is 42.5 Å². The first kappa shape index (κ1) is 21.0. The zero-order valence-electron chi connectivity index (χ0n) is 19.0. The number of fused-ring (bicyclic) bond motifs is 3. The zero-order chi connectivity index (χ0) is 23.6. The number of aryl methyl sites for hydroxylation is 2. The van der Waals surface area contributed by atoms with Crippen molar-refractivity contribution in [3.8, 4) is 0 Å². The number of halogens is 1. The second kappa shape index (κ2) is 7.48. The van der Waals surface area contributed by atoms with Gasteiger partial charge in [0.05, 0.1) is 17.5 Å². The Balaban J connectivity index is 1.29. The van der Waals surface area contributed by atoms with Crippen molar-refractivity contribution in [2.24, 2.45) is 5.92 Å². The molecule has 0 radical (unpaired) electrons. The third-order valence-electron chi connectivity index (χ3n) is 7.39. The Morgan fingerprint density at radius 1 is 1.03 bits per heavy atom. The number of carbonyl (C=O) groups is 3. The molecule has 6 rings (SSSR count). The molecule has 1 saturated carbocycles. The molecule has 2 fully saturated rings. The number of imide groups is 1. The summed E-state index contributed by atoms with van der Waals surface area (Å²) < 4.78 is 16.4. The Hall–Kier alpha value is -3.55. The smallest absolute Gasteiger partial charge is 0.250 e. The zero-order valence-corrected chi connectivity index (χ0v) is 19.0. The SMILES string of the molecule is Cc1nc2ccccc2n1CCCN1C(=O)C2(CC(=O)N(CC3CC3)C2=O)c2cc(F)ccc21. The number of hydrogen-bond acceptors (Lipinski definition) is 4. The summed E-state index contributed by atoms with van der Waals surface area (Å²) >= 11 is 0. The van der Waals surface area contributed by atoms with Crippen LogP contribution in [0, 0.1) is 18.7 Å². The summed E-state index contributed by atoms with van der Waals surface area (Å²) in [6.07, 6.45) is 2.36. The predicted molar refractivity (Wildman–Crippen MR) is 124 cm³/mol. The van der Waals surface area contributed by atoms with Gasteiger partial charge in [0.15, 0.2) is 5.41 Å². The minimum absolute atomic E-state index is 0.227. The van der Waals surface area contributed by atoms with E-state index in [-0.39, 0.29) is 12.3 Å². The van der Waals surface area contributed by atoms with E-state index in [4.69, 9.17) is 0 Å². The minimum Gasteiger partial charge on any atom is -0.328 e. The lowest BCUT2D eigenvalue weighted by atomic mass is 9.80. The van der Waals surface area contributed by atoms with Gasteiger partial charge in [-0.1, -0.05) is 12.1 Å². The van der Waals surface area contributed by atoms with Crippen LogP contribution in [0.3, 0.4) is 0 Å². The van der Waals surface area contributed by atoms with Gasteiger partial charge in [-0.2, -0.15) is 0 Å². The maximum atomic E-state index is 14.3. The van der Waals surface area contributed by atoms with Gasteiger partial charge in [-0.3, -0.25) is 19.3 Å². The summed E-state index contributed by atoms with van der Waals surface area (Å²) in [7, 11) is 0. The molecule has 174 valence electrons. The summed E-state index contributed by atoms with van der Waals surface area (Å²) in [5.74, 6) is -0.579.